The molecule has 94 valence electrons. The number of nitrogens with one attached hydrogen (secondary N) is 1. The highest BCUT2D eigenvalue weighted by molar-refractivity contribution is 6.30. The maximum atomic E-state index is 5.98. The van der Waals surface area contributed by atoms with E-state index in [1.807, 2.05) is 36.4 Å². The van der Waals surface area contributed by atoms with Gasteiger partial charge in [-0.05, 0) is 42.3 Å². The summed E-state index contributed by atoms with van der Waals surface area (Å²) in [7, 11) is 0. The van der Waals surface area contributed by atoms with E-state index in [1.165, 1.54) is 11.1 Å². The van der Waals surface area contributed by atoms with Crippen LogP contribution < -0.4 is 5.32 Å². The van der Waals surface area contributed by atoms with Crippen molar-refractivity contribution in [1.82, 2.24) is 5.32 Å². The highest BCUT2D eigenvalue weighted by Crippen LogP contribution is 2.18. The SMILES string of the molecule is CC(NCc1cccc(Cl)c1)c1cccc(Cl)c1. The van der Waals surface area contributed by atoms with Crippen LogP contribution in [-0.4, -0.2) is 0 Å². The van der Waals surface area contributed by atoms with Gasteiger partial charge in [0.2, 0.25) is 0 Å². The van der Waals surface area contributed by atoms with Gasteiger partial charge in [-0.3, -0.25) is 0 Å². The van der Waals surface area contributed by atoms with Crippen LogP contribution >= 0.6 is 23.2 Å². The van der Waals surface area contributed by atoms with Gasteiger partial charge in [0.15, 0.2) is 0 Å². The van der Waals surface area contributed by atoms with Crippen LogP contribution in [0.5, 0.6) is 0 Å². The average Bonchev–Trinajstić information content (AvgIpc) is 2.36. The van der Waals surface area contributed by atoms with Gasteiger partial charge < -0.3 is 5.32 Å². The summed E-state index contributed by atoms with van der Waals surface area (Å²) in [6.07, 6.45) is 0. The molecule has 0 radical (unpaired) electrons. The van der Waals surface area contributed by atoms with E-state index < -0.39 is 0 Å². The van der Waals surface area contributed by atoms with Crippen molar-refractivity contribution in [3.8, 4) is 0 Å². The Morgan fingerprint density at radius 3 is 2.33 bits per heavy atom. The Kier molecular flexibility index (Phi) is 4.65. The fraction of sp³-hybridized carbons (Fsp3) is 0.200. The van der Waals surface area contributed by atoms with Crippen molar-refractivity contribution < 1.29 is 0 Å². The lowest BCUT2D eigenvalue weighted by atomic mass is 10.1. The van der Waals surface area contributed by atoms with Crippen molar-refractivity contribution in [2.75, 3.05) is 0 Å². The van der Waals surface area contributed by atoms with Crippen LogP contribution in [0.25, 0.3) is 0 Å². The van der Waals surface area contributed by atoms with E-state index in [9.17, 15) is 0 Å². The van der Waals surface area contributed by atoms with Crippen molar-refractivity contribution in [2.45, 2.75) is 19.5 Å². The Morgan fingerprint density at radius 1 is 1.00 bits per heavy atom. The summed E-state index contributed by atoms with van der Waals surface area (Å²) >= 11 is 11.9. The first-order valence-electron chi connectivity index (χ1n) is 5.88. The summed E-state index contributed by atoms with van der Waals surface area (Å²) in [4.78, 5) is 0. The molecule has 0 fully saturated rings. The van der Waals surface area contributed by atoms with Crippen LogP contribution in [0.1, 0.15) is 24.1 Å². The summed E-state index contributed by atoms with van der Waals surface area (Å²) in [5.74, 6) is 0. The van der Waals surface area contributed by atoms with Gasteiger partial charge in [-0.1, -0.05) is 47.5 Å². The minimum atomic E-state index is 0.252. The monoisotopic (exact) mass is 279 g/mol. The number of hydrogen-bond donors (Lipinski definition) is 1. The molecular weight excluding hydrogens is 265 g/mol. The summed E-state index contributed by atoms with van der Waals surface area (Å²) in [6.45, 7) is 2.91. The molecule has 0 aliphatic heterocycles. The number of hydrogen-bond acceptors (Lipinski definition) is 1. The van der Waals surface area contributed by atoms with Crippen LogP contribution in [0.15, 0.2) is 48.5 Å². The summed E-state index contributed by atoms with van der Waals surface area (Å²) in [5.41, 5.74) is 2.36. The van der Waals surface area contributed by atoms with E-state index in [1.54, 1.807) is 0 Å². The van der Waals surface area contributed by atoms with Gasteiger partial charge in [-0.25, -0.2) is 0 Å². The van der Waals surface area contributed by atoms with E-state index in [2.05, 4.69) is 24.4 Å². The third-order valence-corrected chi connectivity index (χ3v) is 3.32. The van der Waals surface area contributed by atoms with Crippen LogP contribution in [0.4, 0.5) is 0 Å². The molecule has 1 N–H and O–H groups in total. The van der Waals surface area contributed by atoms with E-state index in [4.69, 9.17) is 23.2 Å². The Labute approximate surface area is 118 Å². The van der Waals surface area contributed by atoms with Gasteiger partial charge in [0.1, 0.15) is 0 Å². The molecule has 0 spiro atoms. The van der Waals surface area contributed by atoms with Gasteiger partial charge >= 0.3 is 0 Å². The lowest BCUT2D eigenvalue weighted by molar-refractivity contribution is 0.575. The average molecular weight is 280 g/mol. The lowest BCUT2D eigenvalue weighted by Gasteiger charge is -2.14. The quantitative estimate of drug-likeness (QED) is 0.844. The summed E-state index contributed by atoms with van der Waals surface area (Å²) in [6, 6.07) is 16.0. The third kappa shape index (κ3) is 3.74. The molecule has 2 aromatic carbocycles. The van der Waals surface area contributed by atoms with Crippen LogP contribution in [-0.2, 0) is 6.54 Å². The molecule has 1 unspecified atom stereocenters. The Morgan fingerprint density at radius 2 is 1.67 bits per heavy atom. The molecular formula is C15H15Cl2N. The smallest absolute Gasteiger partial charge is 0.0409 e. The van der Waals surface area contributed by atoms with E-state index in [0.717, 1.165) is 16.6 Å². The van der Waals surface area contributed by atoms with Gasteiger partial charge in [-0.15, -0.1) is 0 Å². The second-order valence-electron chi connectivity index (χ2n) is 4.29. The zero-order valence-corrected chi connectivity index (χ0v) is 11.7. The van der Waals surface area contributed by atoms with Crippen molar-refractivity contribution in [2.24, 2.45) is 0 Å². The maximum absolute atomic E-state index is 5.98. The summed E-state index contributed by atoms with van der Waals surface area (Å²) in [5, 5.41) is 4.99. The largest absolute Gasteiger partial charge is 0.306 e. The molecule has 0 aromatic heterocycles. The Balaban J connectivity index is 1.98. The van der Waals surface area contributed by atoms with Crippen LogP contribution in [0, 0.1) is 0 Å². The fourth-order valence-corrected chi connectivity index (χ4v) is 2.22. The van der Waals surface area contributed by atoms with Crippen LogP contribution in [0.2, 0.25) is 10.0 Å². The lowest BCUT2D eigenvalue weighted by Crippen LogP contribution is -2.17. The first kappa shape index (κ1) is 13.4. The standard InChI is InChI=1S/C15H15Cl2N/c1-11(13-5-3-7-15(17)9-13)18-10-12-4-2-6-14(16)8-12/h2-9,11,18H,10H2,1H3. The van der Waals surface area contributed by atoms with Crippen molar-refractivity contribution in [3.05, 3.63) is 69.7 Å². The zero-order chi connectivity index (χ0) is 13.0. The zero-order valence-electron chi connectivity index (χ0n) is 10.2. The van der Waals surface area contributed by atoms with E-state index >= 15 is 0 Å². The van der Waals surface area contributed by atoms with Crippen LogP contribution in [0.3, 0.4) is 0 Å². The Bertz CT molecular complexity index is 525. The highest BCUT2D eigenvalue weighted by Gasteiger charge is 2.05. The van der Waals surface area contributed by atoms with Gasteiger partial charge in [0.05, 0.1) is 0 Å². The van der Waals surface area contributed by atoms with Crippen molar-refractivity contribution in [1.29, 1.82) is 0 Å². The number of rotatable bonds is 4. The molecule has 2 rings (SSSR count). The normalized spacial score (nSPS) is 12.4. The minimum absolute atomic E-state index is 0.252. The van der Waals surface area contributed by atoms with Gasteiger partial charge in [-0.2, -0.15) is 0 Å². The Hall–Kier alpha value is -1.02. The molecule has 0 bridgehead atoms. The van der Waals surface area contributed by atoms with Gasteiger partial charge in [0, 0.05) is 22.6 Å². The molecule has 18 heavy (non-hydrogen) atoms. The van der Waals surface area contributed by atoms with E-state index in [-0.39, 0.29) is 6.04 Å². The highest BCUT2D eigenvalue weighted by atomic mass is 35.5. The molecule has 3 heteroatoms. The molecule has 0 amide bonds. The molecule has 2 aromatic rings. The summed E-state index contributed by atoms with van der Waals surface area (Å²) < 4.78 is 0. The first-order valence-corrected chi connectivity index (χ1v) is 6.64. The molecule has 0 aliphatic carbocycles. The second kappa shape index (κ2) is 6.24. The minimum Gasteiger partial charge on any atom is -0.306 e. The second-order valence-corrected chi connectivity index (χ2v) is 5.16. The molecule has 0 saturated heterocycles. The predicted octanol–water partition coefficient (Wildman–Crippen LogP) is 4.84. The van der Waals surface area contributed by atoms with Gasteiger partial charge in [0.25, 0.3) is 0 Å². The van der Waals surface area contributed by atoms with E-state index in [0.29, 0.717) is 0 Å². The van der Waals surface area contributed by atoms with Crippen molar-refractivity contribution in [3.63, 3.8) is 0 Å². The molecule has 0 heterocycles. The van der Waals surface area contributed by atoms with Crippen molar-refractivity contribution >= 4 is 23.2 Å². The predicted molar refractivity (Wildman–Crippen MR) is 78.2 cm³/mol. The molecule has 0 saturated carbocycles. The fourth-order valence-electron chi connectivity index (χ4n) is 1.81. The topological polar surface area (TPSA) is 12.0 Å². The molecule has 0 aliphatic rings. The maximum Gasteiger partial charge on any atom is 0.0409 e. The first-order chi connectivity index (χ1) is 8.65. The third-order valence-electron chi connectivity index (χ3n) is 2.85. The number of benzene rings is 2. The molecule has 1 nitrogen and oxygen atoms in total. The number of halogens is 2. The molecule has 1 atom stereocenters.